The van der Waals surface area contributed by atoms with Gasteiger partial charge in [-0.2, -0.15) is 0 Å². The lowest BCUT2D eigenvalue weighted by Crippen LogP contribution is -2.05. The average molecular weight is 286 g/mol. The molecule has 0 saturated heterocycles. The highest BCUT2D eigenvalue weighted by Gasteiger charge is 2.22. The number of methoxy groups -OCH3 is 2. The Bertz CT molecular complexity index is 727. The number of benzene rings is 1. The van der Waals surface area contributed by atoms with Gasteiger partial charge in [-0.05, 0) is 19.1 Å². The van der Waals surface area contributed by atoms with E-state index in [2.05, 4.69) is 15.2 Å². The molecule has 108 valence electrons. The summed E-state index contributed by atoms with van der Waals surface area (Å²) in [6.07, 6.45) is 3.05. The summed E-state index contributed by atoms with van der Waals surface area (Å²) in [7, 11) is 3.20. The first-order valence-corrected chi connectivity index (χ1v) is 6.29. The number of rotatable bonds is 4. The summed E-state index contributed by atoms with van der Waals surface area (Å²) in [5.74, 6) is 2.82. The van der Waals surface area contributed by atoms with E-state index in [0.29, 0.717) is 34.7 Å². The molecule has 0 atom stereocenters. The fourth-order valence-electron chi connectivity index (χ4n) is 2.15. The summed E-state index contributed by atoms with van der Waals surface area (Å²) in [4.78, 5) is 4.13. The van der Waals surface area contributed by atoms with E-state index < -0.39 is 0 Å². The molecule has 3 aromatic rings. The lowest BCUT2D eigenvalue weighted by molar-refractivity contribution is 0.390. The van der Waals surface area contributed by atoms with Crippen LogP contribution in [-0.2, 0) is 0 Å². The number of oxazole rings is 1. The van der Waals surface area contributed by atoms with Crippen molar-refractivity contribution in [2.75, 3.05) is 14.2 Å². The maximum Gasteiger partial charge on any atom is 0.265 e. The van der Waals surface area contributed by atoms with Gasteiger partial charge in [-0.1, -0.05) is 6.07 Å². The number of aromatic nitrogens is 4. The van der Waals surface area contributed by atoms with E-state index in [-0.39, 0.29) is 0 Å². The first kappa shape index (κ1) is 13.2. The molecular weight excluding hydrogens is 272 g/mol. The molecule has 0 N–H and O–H groups in total. The van der Waals surface area contributed by atoms with Gasteiger partial charge in [0, 0.05) is 0 Å². The number of hydrogen-bond acceptors (Lipinski definition) is 6. The highest BCUT2D eigenvalue weighted by molar-refractivity contribution is 5.61. The molecule has 0 aliphatic carbocycles. The molecular formula is C14H14N4O3. The van der Waals surface area contributed by atoms with Crippen molar-refractivity contribution in [2.24, 2.45) is 0 Å². The van der Waals surface area contributed by atoms with Crippen LogP contribution < -0.4 is 9.47 Å². The Morgan fingerprint density at radius 2 is 1.81 bits per heavy atom. The SMILES string of the molecule is COc1cccc(OC)c1-n1c(C)nnc1-c1ncco1. The minimum Gasteiger partial charge on any atom is -0.494 e. The fraction of sp³-hybridized carbons (Fsp3) is 0.214. The second kappa shape index (κ2) is 5.28. The molecule has 0 aliphatic heterocycles. The van der Waals surface area contributed by atoms with Gasteiger partial charge >= 0.3 is 0 Å². The van der Waals surface area contributed by atoms with Crippen LogP contribution in [0.25, 0.3) is 17.4 Å². The Morgan fingerprint density at radius 3 is 2.38 bits per heavy atom. The smallest absolute Gasteiger partial charge is 0.265 e. The Labute approximate surface area is 121 Å². The monoisotopic (exact) mass is 286 g/mol. The molecule has 0 unspecified atom stereocenters. The van der Waals surface area contributed by atoms with Crippen molar-refractivity contribution in [2.45, 2.75) is 6.92 Å². The third kappa shape index (κ3) is 2.12. The summed E-state index contributed by atoms with van der Waals surface area (Å²) in [5.41, 5.74) is 0.707. The van der Waals surface area contributed by atoms with Crippen molar-refractivity contribution in [3.8, 4) is 28.9 Å². The van der Waals surface area contributed by atoms with Gasteiger partial charge in [0.15, 0.2) is 0 Å². The Hall–Kier alpha value is -2.83. The van der Waals surface area contributed by atoms with Crippen molar-refractivity contribution >= 4 is 0 Å². The van der Waals surface area contributed by atoms with Crippen molar-refractivity contribution in [3.63, 3.8) is 0 Å². The molecule has 0 saturated carbocycles. The zero-order valence-electron chi connectivity index (χ0n) is 11.9. The van der Waals surface area contributed by atoms with E-state index in [1.54, 1.807) is 25.0 Å². The van der Waals surface area contributed by atoms with Crippen LogP contribution in [0, 0.1) is 6.92 Å². The van der Waals surface area contributed by atoms with Gasteiger partial charge in [0.2, 0.25) is 5.82 Å². The summed E-state index contributed by atoms with van der Waals surface area (Å²) < 4.78 is 18.0. The van der Waals surface area contributed by atoms with Crippen LogP contribution in [0.3, 0.4) is 0 Å². The second-order valence-electron chi connectivity index (χ2n) is 4.25. The molecule has 0 spiro atoms. The molecule has 3 rings (SSSR count). The average Bonchev–Trinajstić information content (AvgIpc) is 3.15. The first-order valence-electron chi connectivity index (χ1n) is 6.29. The lowest BCUT2D eigenvalue weighted by Gasteiger charge is -2.15. The van der Waals surface area contributed by atoms with Crippen molar-refractivity contribution < 1.29 is 13.9 Å². The minimum atomic E-state index is 0.378. The number of hydrogen-bond donors (Lipinski definition) is 0. The third-order valence-corrected chi connectivity index (χ3v) is 3.07. The standard InChI is InChI=1S/C14H14N4O3/c1-9-16-17-13(14-15-7-8-21-14)18(9)12-10(19-2)5-4-6-11(12)20-3/h4-8H,1-3H3. The minimum absolute atomic E-state index is 0.378. The van der Waals surface area contributed by atoms with E-state index in [0.717, 1.165) is 0 Å². The zero-order valence-corrected chi connectivity index (χ0v) is 11.9. The van der Waals surface area contributed by atoms with Gasteiger partial charge in [0.25, 0.3) is 5.89 Å². The topological polar surface area (TPSA) is 75.2 Å². The van der Waals surface area contributed by atoms with Gasteiger partial charge < -0.3 is 13.9 Å². The molecule has 0 bridgehead atoms. The quantitative estimate of drug-likeness (QED) is 0.732. The summed E-state index contributed by atoms with van der Waals surface area (Å²) in [5, 5.41) is 8.23. The van der Waals surface area contributed by atoms with Crippen LogP contribution in [0.15, 0.2) is 35.1 Å². The van der Waals surface area contributed by atoms with Crippen LogP contribution in [0.2, 0.25) is 0 Å². The van der Waals surface area contributed by atoms with Gasteiger partial charge in [0.1, 0.15) is 29.3 Å². The van der Waals surface area contributed by atoms with Gasteiger partial charge in [0.05, 0.1) is 20.4 Å². The Morgan fingerprint density at radius 1 is 1.10 bits per heavy atom. The number of para-hydroxylation sites is 1. The third-order valence-electron chi connectivity index (χ3n) is 3.07. The van der Waals surface area contributed by atoms with E-state index in [4.69, 9.17) is 13.9 Å². The maximum absolute atomic E-state index is 5.43. The number of aryl methyl sites for hydroxylation is 1. The number of ether oxygens (including phenoxy) is 2. The van der Waals surface area contributed by atoms with E-state index in [9.17, 15) is 0 Å². The van der Waals surface area contributed by atoms with Crippen LogP contribution >= 0.6 is 0 Å². The zero-order chi connectivity index (χ0) is 14.8. The van der Waals surface area contributed by atoms with Crippen LogP contribution in [-0.4, -0.2) is 34.0 Å². The normalized spacial score (nSPS) is 10.6. The summed E-state index contributed by atoms with van der Waals surface area (Å²) >= 11 is 0. The van der Waals surface area contributed by atoms with E-state index in [1.165, 1.54) is 6.26 Å². The first-order chi connectivity index (χ1) is 10.3. The lowest BCUT2D eigenvalue weighted by atomic mass is 10.2. The molecule has 1 aromatic carbocycles. The van der Waals surface area contributed by atoms with E-state index in [1.807, 2.05) is 25.1 Å². The molecule has 21 heavy (non-hydrogen) atoms. The summed E-state index contributed by atoms with van der Waals surface area (Å²) in [6, 6.07) is 5.54. The Balaban J connectivity index is 2.29. The molecule has 0 amide bonds. The molecule has 0 fully saturated rings. The molecule has 2 aromatic heterocycles. The molecule has 0 aliphatic rings. The van der Waals surface area contributed by atoms with Gasteiger partial charge in [-0.3, -0.25) is 4.57 Å². The molecule has 7 nitrogen and oxygen atoms in total. The van der Waals surface area contributed by atoms with Crippen LogP contribution in [0.1, 0.15) is 5.82 Å². The van der Waals surface area contributed by atoms with Crippen molar-refractivity contribution in [1.82, 2.24) is 19.7 Å². The van der Waals surface area contributed by atoms with Gasteiger partial charge in [-0.25, -0.2) is 4.98 Å². The summed E-state index contributed by atoms with van der Waals surface area (Å²) in [6.45, 7) is 1.84. The maximum atomic E-state index is 5.43. The van der Waals surface area contributed by atoms with Crippen LogP contribution in [0.4, 0.5) is 0 Å². The Kier molecular flexibility index (Phi) is 3.31. The second-order valence-corrected chi connectivity index (χ2v) is 4.25. The van der Waals surface area contributed by atoms with Gasteiger partial charge in [-0.15, -0.1) is 10.2 Å². The predicted molar refractivity (Wildman–Crippen MR) is 74.7 cm³/mol. The predicted octanol–water partition coefficient (Wildman–Crippen LogP) is 2.25. The van der Waals surface area contributed by atoms with Crippen molar-refractivity contribution in [1.29, 1.82) is 0 Å². The molecule has 2 heterocycles. The van der Waals surface area contributed by atoms with Crippen molar-refractivity contribution in [3.05, 3.63) is 36.5 Å². The largest absolute Gasteiger partial charge is 0.494 e. The highest BCUT2D eigenvalue weighted by Crippen LogP contribution is 2.35. The van der Waals surface area contributed by atoms with Crippen LogP contribution in [0.5, 0.6) is 11.5 Å². The molecule has 0 radical (unpaired) electrons. The fourth-order valence-corrected chi connectivity index (χ4v) is 2.15. The number of nitrogens with zero attached hydrogens (tertiary/aromatic N) is 4. The van der Waals surface area contributed by atoms with E-state index >= 15 is 0 Å². The molecule has 7 heteroatoms. The highest BCUT2D eigenvalue weighted by atomic mass is 16.5.